The van der Waals surface area contributed by atoms with Crippen LogP contribution < -0.4 is 5.32 Å². The third-order valence-corrected chi connectivity index (χ3v) is 4.23. The lowest BCUT2D eigenvalue weighted by molar-refractivity contribution is -0.126. The Kier molecular flexibility index (Phi) is 7.55. The lowest BCUT2D eigenvalue weighted by Gasteiger charge is -2.28. The summed E-state index contributed by atoms with van der Waals surface area (Å²) >= 11 is 0. The van der Waals surface area contributed by atoms with E-state index in [0.29, 0.717) is 0 Å². The highest BCUT2D eigenvalue weighted by molar-refractivity contribution is 5.79. The van der Waals surface area contributed by atoms with Crippen LogP contribution in [0.3, 0.4) is 0 Å². The van der Waals surface area contributed by atoms with Crippen molar-refractivity contribution >= 4 is 5.91 Å². The molecule has 0 aromatic heterocycles. The summed E-state index contributed by atoms with van der Waals surface area (Å²) in [5, 5.41) is 11.9. The molecule has 0 radical (unpaired) electrons. The summed E-state index contributed by atoms with van der Waals surface area (Å²) < 4.78 is 0. The van der Waals surface area contributed by atoms with Crippen LogP contribution in [0.15, 0.2) is 0 Å². The second-order valence-corrected chi connectivity index (χ2v) is 5.84. The highest BCUT2D eigenvalue weighted by Gasteiger charge is 2.27. The van der Waals surface area contributed by atoms with Gasteiger partial charge in [0.15, 0.2) is 0 Å². The molecule has 0 spiro atoms. The Labute approximate surface area is 117 Å². The number of carbonyl (C=O) groups is 1. The predicted molar refractivity (Wildman–Crippen MR) is 77.4 cm³/mol. The monoisotopic (exact) mass is 264 g/mol. The number of hydrogen-bond donors (Lipinski definition) is 1. The molecule has 1 N–H and O–H groups in total. The Morgan fingerprint density at radius 3 is 2.47 bits per heavy atom. The zero-order chi connectivity index (χ0) is 14.1. The van der Waals surface area contributed by atoms with Crippen LogP contribution in [0.2, 0.25) is 0 Å². The van der Waals surface area contributed by atoms with Gasteiger partial charge in [0.25, 0.3) is 0 Å². The molecule has 1 rings (SSSR count). The van der Waals surface area contributed by atoms with Crippen LogP contribution >= 0.6 is 0 Å². The summed E-state index contributed by atoms with van der Waals surface area (Å²) in [6.07, 6.45) is 9.97. The molecule has 3 heteroatoms. The van der Waals surface area contributed by atoms with Crippen LogP contribution in [0.25, 0.3) is 0 Å². The number of hydrogen-bond acceptors (Lipinski definition) is 2. The number of nitrogens with one attached hydrogen (secondary N) is 1. The first kappa shape index (κ1) is 16.0. The van der Waals surface area contributed by atoms with Crippen LogP contribution in [0.1, 0.15) is 71.6 Å². The Hall–Kier alpha value is -1.04. The summed E-state index contributed by atoms with van der Waals surface area (Å²) in [7, 11) is 0. The zero-order valence-corrected chi connectivity index (χ0v) is 12.5. The van der Waals surface area contributed by atoms with E-state index in [1.165, 1.54) is 32.1 Å². The molecule has 0 heterocycles. The van der Waals surface area contributed by atoms with E-state index in [1.54, 1.807) is 0 Å². The van der Waals surface area contributed by atoms with Crippen molar-refractivity contribution in [1.29, 1.82) is 5.26 Å². The first-order valence-corrected chi connectivity index (χ1v) is 7.91. The van der Waals surface area contributed by atoms with Crippen LogP contribution in [0.5, 0.6) is 0 Å². The molecule has 0 bridgehead atoms. The van der Waals surface area contributed by atoms with E-state index in [2.05, 4.69) is 18.3 Å². The average Bonchev–Trinajstić information content (AvgIpc) is 2.45. The summed E-state index contributed by atoms with van der Waals surface area (Å²) in [5.74, 6) is 1.07. The second kappa shape index (κ2) is 8.96. The van der Waals surface area contributed by atoms with Gasteiger partial charge >= 0.3 is 0 Å². The average molecular weight is 264 g/mol. The SMILES string of the molecule is CCCCC1CCC(C(=O)NC(C#N)CCC)CC1. The molecule has 0 aromatic carbocycles. The number of unbranched alkanes of at least 4 members (excludes halogenated alkanes) is 1. The van der Waals surface area contributed by atoms with Gasteiger partial charge in [-0.2, -0.15) is 5.26 Å². The first-order chi connectivity index (χ1) is 9.21. The Balaban J connectivity index is 2.30. The van der Waals surface area contributed by atoms with Crippen LogP contribution in [0.4, 0.5) is 0 Å². The molecular formula is C16H28N2O. The smallest absolute Gasteiger partial charge is 0.224 e. The summed E-state index contributed by atoms with van der Waals surface area (Å²) in [6.45, 7) is 4.27. The van der Waals surface area contributed by atoms with Gasteiger partial charge in [0, 0.05) is 5.92 Å². The Bertz CT molecular complexity index is 300. The predicted octanol–water partition coefficient (Wildman–Crippen LogP) is 3.79. The fourth-order valence-electron chi connectivity index (χ4n) is 2.95. The van der Waals surface area contributed by atoms with Crippen LogP contribution in [-0.2, 0) is 4.79 Å². The number of carbonyl (C=O) groups excluding carboxylic acids is 1. The minimum atomic E-state index is -0.296. The number of rotatable bonds is 7. The van der Waals surface area contributed by atoms with Gasteiger partial charge in [-0.05, 0) is 38.0 Å². The summed E-state index contributed by atoms with van der Waals surface area (Å²) in [6, 6.07) is 1.88. The molecule has 108 valence electrons. The largest absolute Gasteiger partial charge is 0.340 e. The molecule has 1 saturated carbocycles. The van der Waals surface area contributed by atoms with Crippen LogP contribution in [-0.4, -0.2) is 11.9 Å². The molecule has 0 aromatic rings. The molecule has 3 nitrogen and oxygen atoms in total. The van der Waals surface area contributed by atoms with Crippen molar-refractivity contribution in [2.75, 3.05) is 0 Å². The lowest BCUT2D eigenvalue weighted by Crippen LogP contribution is -2.39. The van der Waals surface area contributed by atoms with E-state index in [1.807, 2.05) is 6.92 Å². The number of amides is 1. The van der Waals surface area contributed by atoms with E-state index < -0.39 is 0 Å². The highest BCUT2D eigenvalue weighted by Crippen LogP contribution is 2.32. The maximum Gasteiger partial charge on any atom is 0.224 e. The van der Waals surface area contributed by atoms with Crippen molar-refractivity contribution in [2.45, 2.75) is 77.7 Å². The van der Waals surface area contributed by atoms with Crippen molar-refractivity contribution in [3.05, 3.63) is 0 Å². The molecule has 1 amide bonds. The molecular weight excluding hydrogens is 236 g/mol. The van der Waals surface area contributed by atoms with Gasteiger partial charge in [0.2, 0.25) is 5.91 Å². The molecule has 19 heavy (non-hydrogen) atoms. The van der Waals surface area contributed by atoms with Crippen molar-refractivity contribution < 1.29 is 4.79 Å². The standard InChI is InChI=1S/C16H28N2O/c1-3-5-7-13-8-10-14(11-9-13)16(19)18-15(12-17)6-4-2/h13-15H,3-11H2,1-2H3,(H,18,19). The van der Waals surface area contributed by atoms with E-state index in [4.69, 9.17) is 5.26 Å². The Morgan fingerprint density at radius 2 is 1.95 bits per heavy atom. The minimum Gasteiger partial charge on any atom is -0.340 e. The van der Waals surface area contributed by atoms with Gasteiger partial charge in [-0.25, -0.2) is 0 Å². The lowest BCUT2D eigenvalue weighted by atomic mass is 9.79. The van der Waals surface area contributed by atoms with Gasteiger partial charge in [0.05, 0.1) is 6.07 Å². The van der Waals surface area contributed by atoms with Crippen molar-refractivity contribution in [3.63, 3.8) is 0 Å². The van der Waals surface area contributed by atoms with Gasteiger partial charge in [-0.15, -0.1) is 0 Å². The fraction of sp³-hybridized carbons (Fsp3) is 0.875. The molecule has 1 fully saturated rings. The van der Waals surface area contributed by atoms with E-state index >= 15 is 0 Å². The fourth-order valence-corrected chi connectivity index (χ4v) is 2.95. The molecule has 1 unspecified atom stereocenters. The number of nitriles is 1. The van der Waals surface area contributed by atoms with Gasteiger partial charge < -0.3 is 5.32 Å². The molecule has 0 aliphatic heterocycles. The zero-order valence-electron chi connectivity index (χ0n) is 12.5. The molecule has 1 atom stereocenters. The topological polar surface area (TPSA) is 52.9 Å². The quantitative estimate of drug-likeness (QED) is 0.760. The highest BCUT2D eigenvalue weighted by atomic mass is 16.1. The van der Waals surface area contributed by atoms with Crippen molar-refractivity contribution in [2.24, 2.45) is 11.8 Å². The van der Waals surface area contributed by atoms with E-state index in [-0.39, 0.29) is 17.9 Å². The maximum atomic E-state index is 12.1. The molecule has 0 saturated heterocycles. The normalized spacial score (nSPS) is 24.5. The van der Waals surface area contributed by atoms with Gasteiger partial charge in [-0.3, -0.25) is 4.79 Å². The summed E-state index contributed by atoms with van der Waals surface area (Å²) in [4.78, 5) is 12.1. The van der Waals surface area contributed by atoms with Crippen molar-refractivity contribution in [3.8, 4) is 6.07 Å². The second-order valence-electron chi connectivity index (χ2n) is 5.84. The van der Waals surface area contributed by atoms with Crippen LogP contribution in [0, 0.1) is 23.2 Å². The molecule has 1 aliphatic carbocycles. The van der Waals surface area contributed by atoms with Gasteiger partial charge in [-0.1, -0.05) is 39.5 Å². The van der Waals surface area contributed by atoms with E-state index in [0.717, 1.165) is 31.6 Å². The maximum absolute atomic E-state index is 12.1. The Morgan fingerprint density at radius 1 is 1.26 bits per heavy atom. The minimum absolute atomic E-state index is 0.106. The molecule has 1 aliphatic rings. The number of nitrogens with zero attached hydrogens (tertiary/aromatic N) is 1. The van der Waals surface area contributed by atoms with E-state index in [9.17, 15) is 4.79 Å². The third-order valence-electron chi connectivity index (χ3n) is 4.23. The third kappa shape index (κ3) is 5.63. The van der Waals surface area contributed by atoms with Crippen molar-refractivity contribution in [1.82, 2.24) is 5.32 Å². The summed E-state index contributed by atoms with van der Waals surface area (Å²) in [5.41, 5.74) is 0. The van der Waals surface area contributed by atoms with Gasteiger partial charge in [0.1, 0.15) is 6.04 Å². The first-order valence-electron chi connectivity index (χ1n) is 7.91.